The Labute approximate surface area is 114 Å². The standard InChI is InChI=1S/C14H15F3N2O/c1-19-6-4-11-10-3-2-9(20-14(15,16)17)8-13(10)18-12(11)5-7-19/h2-3,8,18H,4-7H2,1H3. The molecule has 0 saturated carbocycles. The lowest BCUT2D eigenvalue weighted by Crippen LogP contribution is -2.21. The number of aromatic nitrogens is 1. The molecule has 1 aliphatic heterocycles. The lowest BCUT2D eigenvalue weighted by Gasteiger charge is -2.11. The maximum atomic E-state index is 12.2. The zero-order valence-electron chi connectivity index (χ0n) is 11.0. The number of aromatic amines is 1. The Morgan fingerprint density at radius 2 is 1.95 bits per heavy atom. The van der Waals surface area contributed by atoms with Gasteiger partial charge in [0.05, 0.1) is 0 Å². The number of halogens is 3. The highest BCUT2D eigenvalue weighted by atomic mass is 19.4. The maximum Gasteiger partial charge on any atom is 0.573 e. The van der Waals surface area contributed by atoms with Gasteiger partial charge in [0.25, 0.3) is 0 Å². The summed E-state index contributed by atoms with van der Waals surface area (Å²) >= 11 is 0. The van der Waals surface area contributed by atoms with Gasteiger partial charge in [0.1, 0.15) is 5.75 Å². The Morgan fingerprint density at radius 1 is 1.20 bits per heavy atom. The molecule has 0 atom stereocenters. The molecule has 0 saturated heterocycles. The molecular weight excluding hydrogens is 269 g/mol. The Kier molecular flexibility index (Phi) is 3.12. The van der Waals surface area contributed by atoms with E-state index >= 15 is 0 Å². The van der Waals surface area contributed by atoms with Crippen LogP contribution < -0.4 is 4.74 Å². The Balaban J connectivity index is 1.97. The van der Waals surface area contributed by atoms with E-state index in [4.69, 9.17) is 0 Å². The number of benzene rings is 1. The monoisotopic (exact) mass is 284 g/mol. The zero-order chi connectivity index (χ0) is 14.3. The minimum atomic E-state index is -4.65. The van der Waals surface area contributed by atoms with Gasteiger partial charge in [-0.25, -0.2) is 0 Å². The molecule has 0 fully saturated rings. The third kappa shape index (κ3) is 2.60. The van der Waals surface area contributed by atoms with Crippen LogP contribution >= 0.6 is 0 Å². The molecule has 3 nitrogen and oxygen atoms in total. The fourth-order valence-corrected chi connectivity index (χ4v) is 2.70. The number of nitrogens with zero attached hydrogens (tertiary/aromatic N) is 1. The van der Waals surface area contributed by atoms with E-state index in [9.17, 15) is 13.2 Å². The van der Waals surface area contributed by atoms with E-state index < -0.39 is 6.36 Å². The first-order chi connectivity index (χ1) is 9.42. The van der Waals surface area contributed by atoms with Crippen molar-refractivity contribution in [1.82, 2.24) is 9.88 Å². The number of rotatable bonds is 1. The number of hydrogen-bond donors (Lipinski definition) is 1. The van der Waals surface area contributed by atoms with E-state index in [1.165, 1.54) is 17.7 Å². The second kappa shape index (κ2) is 4.70. The van der Waals surface area contributed by atoms with Gasteiger partial charge in [0.15, 0.2) is 0 Å². The quantitative estimate of drug-likeness (QED) is 0.871. The summed E-state index contributed by atoms with van der Waals surface area (Å²) in [5, 5.41) is 0.991. The predicted octanol–water partition coefficient (Wildman–Crippen LogP) is 3.10. The number of alkyl halides is 3. The van der Waals surface area contributed by atoms with Crippen LogP contribution in [0.15, 0.2) is 18.2 Å². The number of hydrogen-bond acceptors (Lipinski definition) is 2. The van der Waals surface area contributed by atoms with Gasteiger partial charge in [-0.05, 0) is 31.2 Å². The van der Waals surface area contributed by atoms with Crippen LogP contribution in [0.1, 0.15) is 11.3 Å². The van der Waals surface area contributed by atoms with Gasteiger partial charge in [-0.1, -0.05) is 0 Å². The molecule has 0 spiro atoms. The summed E-state index contributed by atoms with van der Waals surface area (Å²) in [6.45, 7) is 1.91. The van der Waals surface area contributed by atoms with Crippen molar-refractivity contribution in [3.8, 4) is 5.75 Å². The first-order valence-corrected chi connectivity index (χ1v) is 6.50. The summed E-state index contributed by atoms with van der Waals surface area (Å²) in [5.41, 5.74) is 3.04. The van der Waals surface area contributed by atoms with Crippen LogP contribution in [0.4, 0.5) is 13.2 Å². The largest absolute Gasteiger partial charge is 0.573 e. The highest BCUT2D eigenvalue weighted by molar-refractivity contribution is 5.86. The van der Waals surface area contributed by atoms with Gasteiger partial charge in [0.2, 0.25) is 0 Å². The van der Waals surface area contributed by atoms with Crippen molar-refractivity contribution in [3.63, 3.8) is 0 Å². The van der Waals surface area contributed by atoms with E-state index in [1.807, 2.05) is 0 Å². The molecule has 1 aliphatic rings. The smallest absolute Gasteiger partial charge is 0.406 e. The lowest BCUT2D eigenvalue weighted by atomic mass is 10.1. The number of H-pyrrole nitrogens is 1. The molecule has 108 valence electrons. The second-order valence-corrected chi connectivity index (χ2v) is 5.14. The molecule has 1 aromatic carbocycles. The fourth-order valence-electron chi connectivity index (χ4n) is 2.70. The summed E-state index contributed by atoms with van der Waals surface area (Å²) in [6, 6.07) is 4.50. The molecule has 0 unspecified atom stereocenters. The molecule has 0 radical (unpaired) electrons. The summed E-state index contributed by atoms with van der Waals surface area (Å²) in [4.78, 5) is 5.48. The molecule has 3 rings (SSSR count). The van der Waals surface area contributed by atoms with E-state index in [-0.39, 0.29) is 5.75 Å². The highest BCUT2D eigenvalue weighted by Gasteiger charge is 2.31. The van der Waals surface area contributed by atoms with Crippen LogP contribution in [-0.2, 0) is 12.8 Å². The van der Waals surface area contributed by atoms with E-state index in [1.54, 1.807) is 6.07 Å². The molecule has 0 aliphatic carbocycles. The third-order valence-corrected chi connectivity index (χ3v) is 3.69. The number of nitrogens with one attached hydrogen (secondary N) is 1. The van der Waals surface area contributed by atoms with Gasteiger partial charge in [-0.3, -0.25) is 0 Å². The van der Waals surface area contributed by atoms with Crippen molar-refractivity contribution in [1.29, 1.82) is 0 Å². The fraction of sp³-hybridized carbons (Fsp3) is 0.429. The first kappa shape index (κ1) is 13.3. The van der Waals surface area contributed by atoms with Crippen molar-refractivity contribution >= 4 is 10.9 Å². The van der Waals surface area contributed by atoms with Crippen molar-refractivity contribution < 1.29 is 17.9 Å². The molecule has 1 aromatic heterocycles. The average molecular weight is 284 g/mol. The Morgan fingerprint density at radius 3 is 2.70 bits per heavy atom. The first-order valence-electron chi connectivity index (χ1n) is 6.50. The number of likely N-dealkylation sites (N-methyl/N-ethyl adjacent to an activating group) is 1. The van der Waals surface area contributed by atoms with Crippen LogP contribution in [0.25, 0.3) is 10.9 Å². The molecule has 2 aromatic rings. The van der Waals surface area contributed by atoms with E-state index in [0.29, 0.717) is 5.52 Å². The molecule has 0 amide bonds. The molecule has 6 heteroatoms. The van der Waals surface area contributed by atoms with Crippen LogP contribution in [0.2, 0.25) is 0 Å². The van der Waals surface area contributed by atoms with Crippen molar-refractivity contribution in [2.75, 3.05) is 20.1 Å². The Hall–Kier alpha value is -1.69. The summed E-state index contributed by atoms with van der Waals surface area (Å²) in [5.74, 6) is -0.182. The average Bonchev–Trinajstić information content (AvgIpc) is 2.58. The van der Waals surface area contributed by atoms with Crippen molar-refractivity contribution in [2.24, 2.45) is 0 Å². The summed E-state index contributed by atoms with van der Waals surface area (Å²) < 4.78 is 40.6. The SMILES string of the molecule is CN1CCc2[nH]c3cc(OC(F)(F)F)ccc3c2CC1. The minimum absolute atomic E-state index is 0.182. The molecule has 1 N–H and O–H groups in total. The van der Waals surface area contributed by atoms with Crippen LogP contribution in [0.3, 0.4) is 0 Å². The maximum absolute atomic E-state index is 12.2. The molecule has 2 heterocycles. The summed E-state index contributed by atoms with van der Waals surface area (Å²) in [6.07, 6.45) is -2.86. The van der Waals surface area contributed by atoms with Gasteiger partial charge < -0.3 is 14.6 Å². The van der Waals surface area contributed by atoms with Gasteiger partial charge in [0, 0.05) is 42.2 Å². The van der Waals surface area contributed by atoms with Crippen molar-refractivity contribution in [3.05, 3.63) is 29.5 Å². The van der Waals surface area contributed by atoms with E-state index in [0.717, 1.165) is 37.0 Å². The Bertz CT molecular complexity index is 633. The normalized spacial score (nSPS) is 17.0. The van der Waals surface area contributed by atoms with Gasteiger partial charge >= 0.3 is 6.36 Å². The predicted molar refractivity (Wildman–Crippen MR) is 69.9 cm³/mol. The second-order valence-electron chi connectivity index (χ2n) is 5.14. The minimum Gasteiger partial charge on any atom is -0.406 e. The summed E-state index contributed by atoms with van der Waals surface area (Å²) in [7, 11) is 2.07. The van der Waals surface area contributed by atoms with Gasteiger partial charge in [-0.15, -0.1) is 13.2 Å². The van der Waals surface area contributed by atoms with Gasteiger partial charge in [-0.2, -0.15) is 0 Å². The molecular formula is C14H15F3N2O. The topological polar surface area (TPSA) is 28.3 Å². The van der Waals surface area contributed by atoms with Crippen LogP contribution in [-0.4, -0.2) is 36.4 Å². The van der Waals surface area contributed by atoms with E-state index in [2.05, 4.69) is 21.7 Å². The lowest BCUT2D eigenvalue weighted by molar-refractivity contribution is -0.274. The molecule has 0 bridgehead atoms. The zero-order valence-corrected chi connectivity index (χ0v) is 11.0. The highest BCUT2D eigenvalue weighted by Crippen LogP contribution is 2.30. The number of fused-ring (bicyclic) bond motifs is 3. The molecule has 20 heavy (non-hydrogen) atoms. The van der Waals surface area contributed by atoms with Crippen LogP contribution in [0, 0.1) is 0 Å². The third-order valence-electron chi connectivity index (χ3n) is 3.69. The van der Waals surface area contributed by atoms with Crippen LogP contribution in [0.5, 0.6) is 5.75 Å². The number of ether oxygens (including phenoxy) is 1. The van der Waals surface area contributed by atoms with Crippen molar-refractivity contribution in [2.45, 2.75) is 19.2 Å².